The van der Waals surface area contributed by atoms with Crippen molar-refractivity contribution in [3.8, 4) is 0 Å². The molecule has 0 spiro atoms. The van der Waals surface area contributed by atoms with Crippen molar-refractivity contribution in [2.45, 2.75) is 12.6 Å². The fourth-order valence-corrected chi connectivity index (χ4v) is 4.76. The van der Waals surface area contributed by atoms with E-state index in [0.717, 1.165) is 30.9 Å². The number of rotatable bonds is 4. The van der Waals surface area contributed by atoms with E-state index in [1.165, 1.54) is 18.5 Å². The van der Waals surface area contributed by atoms with Crippen molar-refractivity contribution in [3.63, 3.8) is 0 Å². The molecule has 0 saturated carbocycles. The number of amides is 1. The lowest BCUT2D eigenvalue weighted by atomic mass is 9.89. The number of halogens is 1. The summed E-state index contributed by atoms with van der Waals surface area (Å²) in [6.45, 7) is 3.15. The van der Waals surface area contributed by atoms with Crippen molar-refractivity contribution < 1.29 is 9.18 Å². The van der Waals surface area contributed by atoms with Gasteiger partial charge in [0.15, 0.2) is 0 Å². The summed E-state index contributed by atoms with van der Waals surface area (Å²) in [5.41, 5.74) is 2.22. The van der Waals surface area contributed by atoms with Gasteiger partial charge in [-0.15, -0.1) is 0 Å². The summed E-state index contributed by atoms with van der Waals surface area (Å²) in [5.74, 6) is 0.124. The number of imidazole rings is 1. The van der Waals surface area contributed by atoms with Crippen LogP contribution in [0.2, 0.25) is 0 Å². The van der Waals surface area contributed by atoms with E-state index in [9.17, 15) is 9.18 Å². The van der Waals surface area contributed by atoms with Crippen LogP contribution >= 0.6 is 0 Å². The number of hydrogen-bond acceptors (Lipinski definition) is 5. The molecule has 1 N–H and O–H groups in total. The molecule has 2 fully saturated rings. The standard InChI is InChI=1S/C21H21FN6O/c22-16-3-1-2-14(6-16)20-18-12-27(11-17-7-24-13-26-17)9-15(18)10-28(20)21(29)19-8-23-4-5-25-19/h1-8,13,15,18,20H,9-12H2,(H,24,26)/t15-,18-,20+/m0/s1. The van der Waals surface area contributed by atoms with Gasteiger partial charge in [0.25, 0.3) is 5.91 Å². The highest BCUT2D eigenvalue weighted by Crippen LogP contribution is 2.45. The first kappa shape index (κ1) is 17.9. The summed E-state index contributed by atoms with van der Waals surface area (Å²) < 4.78 is 14.0. The average molecular weight is 392 g/mol. The monoisotopic (exact) mass is 392 g/mol. The van der Waals surface area contributed by atoms with E-state index >= 15 is 0 Å². The number of nitrogens with one attached hydrogen (secondary N) is 1. The first-order valence-electron chi connectivity index (χ1n) is 9.71. The quantitative estimate of drug-likeness (QED) is 0.737. The Morgan fingerprint density at radius 1 is 1.17 bits per heavy atom. The van der Waals surface area contributed by atoms with E-state index in [2.05, 4.69) is 24.8 Å². The lowest BCUT2D eigenvalue weighted by molar-refractivity contribution is 0.0692. The van der Waals surface area contributed by atoms with E-state index in [1.807, 2.05) is 17.2 Å². The van der Waals surface area contributed by atoms with Crippen LogP contribution in [0.5, 0.6) is 0 Å². The minimum Gasteiger partial charge on any atom is -0.347 e. The average Bonchev–Trinajstić information content (AvgIpc) is 3.45. The topological polar surface area (TPSA) is 78.0 Å². The highest BCUT2D eigenvalue weighted by molar-refractivity contribution is 5.92. The Kier molecular flexibility index (Phi) is 4.55. The molecular weight excluding hydrogens is 371 g/mol. The van der Waals surface area contributed by atoms with Crippen LogP contribution in [0.15, 0.2) is 55.4 Å². The smallest absolute Gasteiger partial charge is 0.274 e. The van der Waals surface area contributed by atoms with E-state index in [4.69, 9.17) is 0 Å². The summed E-state index contributed by atoms with van der Waals surface area (Å²) in [6.07, 6.45) is 8.08. The van der Waals surface area contributed by atoms with Crippen LogP contribution in [-0.2, 0) is 6.54 Å². The third-order valence-electron chi connectivity index (χ3n) is 5.92. The second kappa shape index (κ2) is 7.36. The Hall–Kier alpha value is -3.13. The molecule has 0 radical (unpaired) electrons. The molecule has 0 unspecified atom stereocenters. The molecule has 29 heavy (non-hydrogen) atoms. The van der Waals surface area contributed by atoms with Crippen molar-refractivity contribution >= 4 is 5.91 Å². The molecule has 7 nitrogen and oxygen atoms in total. The van der Waals surface area contributed by atoms with Crippen LogP contribution in [0.25, 0.3) is 0 Å². The predicted molar refractivity (Wildman–Crippen MR) is 103 cm³/mol. The minimum absolute atomic E-state index is 0.151. The number of carbonyl (C=O) groups excluding carboxylic acids is 1. The Labute approximate surface area is 167 Å². The fourth-order valence-electron chi connectivity index (χ4n) is 4.76. The van der Waals surface area contributed by atoms with Gasteiger partial charge in [-0.3, -0.25) is 14.7 Å². The first-order chi connectivity index (χ1) is 14.2. The van der Waals surface area contributed by atoms with E-state index < -0.39 is 0 Å². The van der Waals surface area contributed by atoms with Crippen LogP contribution in [0.3, 0.4) is 0 Å². The highest BCUT2D eigenvalue weighted by atomic mass is 19.1. The molecule has 3 aromatic rings. The van der Waals surface area contributed by atoms with Crippen LogP contribution < -0.4 is 0 Å². The highest BCUT2D eigenvalue weighted by Gasteiger charge is 2.49. The number of likely N-dealkylation sites (tertiary alicyclic amines) is 2. The van der Waals surface area contributed by atoms with Gasteiger partial charge < -0.3 is 9.88 Å². The SMILES string of the molecule is O=C(c1cnccn1)N1C[C@@H]2CN(Cc3cnc[nH]3)C[C@@H]2[C@H]1c1cccc(F)c1. The van der Waals surface area contributed by atoms with Crippen LogP contribution in [-0.4, -0.2) is 55.3 Å². The molecule has 148 valence electrons. The van der Waals surface area contributed by atoms with E-state index in [0.29, 0.717) is 18.2 Å². The van der Waals surface area contributed by atoms with Gasteiger partial charge in [-0.1, -0.05) is 12.1 Å². The van der Waals surface area contributed by atoms with Gasteiger partial charge in [-0.2, -0.15) is 0 Å². The molecule has 2 saturated heterocycles. The maximum Gasteiger partial charge on any atom is 0.274 e. The molecule has 5 rings (SSSR count). The van der Waals surface area contributed by atoms with Crippen molar-refractivity contribution in [1.82, 2.24) is 29.7 Å². The number of H-pyrrole nitrogens is 1. The van der Waals surface area contributed by atoms with E-state index in [-0.39, 0.29) is 23.7 Å². The van der Waals surface area contributed by atoms with Gasteiger partial charge in [-0.05, 0) is 23.6 Å². The fraction of sp³-hybridized carbons (Fsp3) is 0.333. The molecule has 3 atom stereocenters. The number of aromatic amines is 1. The van der Waals surface area contributed by atoms with Gasteiger partial charge in [0.05, 0.1) is 18.6 Å². The Bertz CT molecular complexity index is 995. The maximum absolute atomic E-state index is 14.0. The van der Waals surface area contributed by atoms with Crippen LogP contribution in [0.1, 0.15) is 27.8 Å². The summed E-state index contributed by atoms with van der Waals surface area (Å²) >= 11 is 0. The van der Waals surface area contributed by atoms with Gasteiger partial charge in [0.1, 0.15) is 11.5 Å². The Morgan fingerprint density at radius 3 is 2.86 bits per heavy atom. The second-order valence-corrected chi connectivity index (χ2v) is 7.74. The minimum atomic E-state index is -0.287. The molecule has 1 amide bonds. The van der Waals surface area contributed by atoms with Crippen molar-refractivity contribution in [2.75, 3.05) is 19.6 Å². The molecule has 2 aromatic heterocycles. The first-order valence-corrected chi connectivity index (χ1v) is 9.71. The number of aromatic nitrogens is 4. The molecule has 0 bridgehead atoms. The normalized spacial score (nSPS) is 24.0. The summed E-state index contributed by atoms with van der Waals surface area (Å²) in [5, 5.41) is 0. The van der Waals surface area contributed by atoms with Gasteiger partial charge in [0.2, 0.25) is 0 Å². The van der Waals surface area contributed by atoms with Crippen molar-refractivity contribution in [2.24, 2.45) is 11.8 Å². The predicted octanol–water partition coefficient (Wildman–Crippen LogP) is 2.28. The van der Waals surface area contributed by atoms with Crippen LogP contribution in [0.4, 0.5) is 4.39 Å². The zero-order valence-electron chi connectivity index (χ0n) is 15.8. The molecular formula is C21H21FN6O. The summed E-state index contributed by atoms with van der Waals surface area (Å²) in [4.78, 5) is 32.9. The lowest BCUT2D eigenvalue weighted by Crippen LogP contribution is -2.36. The zero-order chi connectivity index (χ0) is 19.8. The summed E-state index contributed by atoms with van der Waals surface area (Å²) in [7, 11) is 0. The molecule has 1 aromatic carbocycles. The molecule has 2 aliphatic heterocycles. The number of nitrogens with zero attached hydrogens (tertiary/aromatic N) is 5. The van der Waals surface area contributed by atoms with Gasteiger partial charge in [0, 0.05) is 56.4 Å². The number of fused-ring (bicyclic) bond motifs is 1. The molecule has 8 heteroatoms. The largest absolute Gasteiger partial charge is 0.347 e. The Morgan fingerprint density at radius 2 is 2.10 bits per heavy atom. The third-order valence-corrected chi connectivity index (χ3v) is 5.92. The Balaban J connectivity index is 1.44. The molecule has 2 aliphatic rings. The summed E-state index contributed by atoms with van der Waals surface area (Å²) in [6, 6.07) is 6.41. The third kappa shape index (κ3) is 3.40. The van der Waals surface area contributed by atoms with Gasteiger partial charge >= 0.3 is 0 Å². The zero-order valence-corrected chi connectivity index (χ0v) is 15.8. The van der Waals surface area contributed by atoms with Crippen molar-refractivity contribution in [1.29, 1.82) is 0 Å². The lowest BCUT2D eigenvalue weighted by Gasteiger charge is -2.29. The second-order valence-electron chi connectivity index (χ2n) is 7.74. The number of hydrogen-bond donors (Lipinski definition) is 1. The molecule has 0 aliphatic carbocycles. The molecule has 4 heterocycles. The van der Waals surface area contributed by atoms with Crippen molar-refractivity contribution in [3.05, 3.63) is 78.1 Å². The maximum atomic E-state index is 14.0. The van der Waals surface area contributed by atoms with Gasteiger partial charge in [-0.25, -0.2) is 14.4 Å². The number of benzene rings is 1. The van der Waals surface area contributed by atoms with E-state index in [1.54, 1.807) is 24.7 Å². The number of carbonyl (C=O) groups is 1. The van der Waals surface area contributed by atoms with Crippen LogP contribution in [0, 0.1) is 17.7 Å².